The zero-order chi connectivity index (χ0) is 21.2. The number of benzene rings is 2. The van der Waals surface area contributed by atoms with Crippen molar-refractivity contribution in [2.45, 2.75) is 35.7 Å². The highest BCUT2D eigenvalue weighted by Crippen LogP contribution is 2.55. The summed E-state index contributed by atoms with van der Waals surface area (Å²) in [7, 11) is 0. The molecule has 2 fully saturated rings. The highest BCUT2D eigenvalue weighted by atomic mass is 32.2. The average molecular weight is 454 g/mol. The summed E-state index contributed by atoms with van der Waals surface area (Å²) in [5.74, 6) is 2.12. The number of nitrogens with zero attached hydrogens (tertiary/aromatic N) is 1. The second kappa shape index (κ2) is 8.75. The molecule has 30 heavy (non-hydrogen) atoms. The van der Waals surface area contributed by atoms with Gasteiger partial charge >= 0.3 is 12.3 Å². The van der Waals surface area contributed by atoms with Gasteiger partial charge in [-0.1, -0.05) is 42.5 Å². The molecule has 2 aliphatic heterocycles. The van der Waals surface area contributed by atoms with Crippen LogP contribution >= 0.6 is 23.5 Å². The lowest BCUT2D eigenvalue weighted by atomic mass is 9.94. The first kappa shape index (κ1) is 21.4. The molecule has 1 unspecified atom stereocenters. The number of hydrogen-bond donors (Lipinski definition) is 0. The Morgan fingerprint density at radius 2 is 1.73 bits per heavy atom. The Morgan fingerprint density at radius 1 is 1.07 bits per heavy atom. The fourth-order valence-electron chi connectivity index (χ4n) is 3.93. The van der Waals surface area contributed by atoms with Crippen LogP contribution in [0.3, 0.4) is 0 Å². The van der Waals surface area contributed by atoms with E-state index in [1.54, 1.807) is 4.90 Å². The Labute approximate surface area is 182 Å². The number of thioether (sulfide) groups is 2. The predicted molar refractivity (Wildman–Crippen MR) is 114 cm³/mol. The Bertz CT molecular complexity index is 868. The van der Waals surface area contributed by atoms with Crippen LogP contribution in [0.15, 0.2) is 54.6 Å². The molecular weight excluding hydrogens is 431 g/mol. The van der Waals surface area contributed by atoms with Gasteiger partial charge in [0.2, 0.25) is 0 Å². The fourth-order valence-corrected chi connectivity index (χ4v) is 7.19. The van der Waals surface area contributed by atoms with Gasteiger partial charge in [0, 0.05) is 18.1 Å². The van der Waals surface area contributed by atoms with E-state index >= 15 is 0 Å². The summed E-state index contributed by atoms with van der Waals surface area (Å²) in [6.07, 6.45) is -3.25. The molecule has 2 aromatic rings. The zero-order valence-corrected chi connectivity index (χ0v) is 17.9. The number of likely N-dealkylation sites (tertiary alicyclic amines) is 1. The van der Waals surface area contributed by atoms with Crippen molar-refractivity contribution in [1.29, 1.82) is 0 Å². The van der Waals surface area contributed by atoms with E-state index in [0.29, 0.717) is 18.5 Å². The summed E-state index contributed by atoms with van der Waals surface area (Å²) in [6, 6.07) is 14.3. The summed E-state index contributed by atoms with van der Waals surface area (Å²) in [5.41, 5.74) is 0.929. The number of carbonyl (C=O) groups is 1. The largest absolute Gasteiger partial charge is 0.445 e. The van der Waals surface area contributed by atoms with E-state index in [0.717, 1.165) is 35.6 Å². The smallest absolute Gasteiger partial charge is 0.416 e. The van der Waals surface area contributed by atoms with E-state index in [2.05, 4.69) is 0 Å². The van der Waals surface area contributed by atoms with Crippen LogP contribution in [0.5, 0.6) is 0 Å². The first-order valence-corrected chi connectivity index (χ1v) is 11.8. The van der Waals surface area contributed by atoms with Gasteiger partial charge in [0.05, 0.1) is 15.7 Å². The Kier molecular flexibility index (Phi) is 6.25. The summed E-state index contributed by atoms with van der Waals surface area (Å²) >= 11 is 3.80. The molecule has 0 aliphatic carbocycles. The molecule has 160 valence electrons. The van der Waals surface area contributed by atoms with Crippen molar-refractivity contribution < 1.29 is 22.7 Å². The molecule has 2 aliphatic rings. The molecule has 0 N–H and O–H groups in total. The third-order valence-electron chi connectivity index (χ3n) is 5.49. The number of ether oxygens (including phenoxy) is 1. The lowest BCUT2D eigenvalue weighted by molar-refractivity contribution is -0.137. The average Bonchev–Trinajstić information content (AvgIpc) is 3.20. The molecule has 8 heteroatoms. The van der Waals surface area contributed by atoms with Crippen LogP contribution in [0.4, 0.5) is 18.0 Å². The van der Waals surface area contributed by atoms with Crippen molar-refractivity contribution in [3.05, 3.63) is 71.3 Å². The van der Waals surface area contributed by atoms with Gasteiger partial charge in [0.25, 0.3) is 0 Å². The zero-order valence-electron chi connectivity index (χ0n) is 16.2. The lowest BCUT2D eigenvalue weighted by Crippen LogP contribution is -2.45. The van der Waals surface area contributed by atoms with E-state index in [-0.39, 0.29) is 16.7 Å². The van der Waals surface area contributed by atoms with Crippen LogP contribution in [0.1, 0.15) is 35.6 Å². The summed E-state index contributed by atoms with van der Waals surface area (Å²) < 4.78 is 44.5. The maximum atomic E-state index is 13.0. The Balaban J connectivity index is 1.54. The molecule has 1 amide bonds. The van der Waals surface area contributed by atoms with E-state index in [1.165, 1.54) is 12.1 Å². The van der Waals surface area contributed by atoms with E-state index < -0.39 is 17.8 Å². The first-order chi connectivity index (χ1) is 14.4. The lowest BCUT2D eigenvalue weighted by Gasteiger charge is -2.43. The molecule has 1 spiro atoms. The monoisotopic (exact) mass is 453 g/mol. The van der Waals surface area contributed by atoms with Gasteiger partial charge in [-0.3, -0.25) is 0 Å². The van der Waals surface area contributed by atoms with E-state index in [4.69, 9.17) is 4.74 Å². The third kappa shape index (κ3) is 4.75. The topological polar surface area (TPSA) is 29.5 Å². The first-order valence-electron chi connectivity index (χ1n) is 9.79. The molecule has 0 saturated carbocycles. The highest BCUT2D eigenvalue weighted by molar-refractivity contribution is 8.21. The van der Waals surface area contributed by atoms with Gasteiger partial charge < -0.3 is 9.64 Å². The van der Waals surface area contributed by atoms with Gasteiger partial charge in [-0.15, -0.1) is 23.5 Å². The van der Waals surface area contributed by atoms with Gasteiger partial charge in [0.1, 0.15) is 6.61 Å². The van der Waals surface area contributed by atoms with E-state index in [9.17, 15) is 18.0 Å². The van der Waals surface area contributed by atoms with Crippen LogP contribution in [0.25, 0.3) is 0 Å². The standard InChI is InChI=1S/C22H22F3NO2S2/c23-22(24,25)18-8-6-17(7-9-18)19-14-21(29-12-13-30-21)10-11-26(19)20(27)28-15-16-4-2-1-3-5-16/h1-9,19H,10-15H2. The summed E-state index contributed by atoms with van der Waals surface area (Å²) in [6.45, 7) is 0.698. The van der Waals surface area contributed by atoms with Crippen molar-refractivity contribution in [3.63, 3.8) is 0 Å². The van der Waals surface area contributed by atoms with Crippen LogP contribution in [0, 0.1) is 0 Å². The van der Waals surface area contributed by atoms with Crippen LogP contribution in [-0.2, 0) is 17.5 Å². The van der Waals surface area contributed by atoms with Crippen molar-refractivity contribution in [2.75, 3.05) is 18.1 Å². The van der Waals surface area contributed by atoms with Crippen molar-refractivity contribution in [2.24, 2.45) is 0 Å². The number of hydrogen-bond acceptors (Lipinski definition) is 4. The van der Waals surface area contributed by atoms with Crippen LogP contribution < -0.4 is 0 Å². The number of halogens is 3. The third-order valence-corrected chi connectivity index (χ3v) is 9.07. The van der Waals surface area contributed by atoms with Crippen molar-refractivity contribution in [1.82, 2.24) is 4.90 Å². The number of carbonyl (C=O) groups excluding carboxylic acids is 1. The molecule has 0 aromatic heterocycles. The minimum atomic E-state index is -4.38. The minimum absolute atomic E-state index is 0.0174. The van der Waals surface area contributed by atoms with Crippen molar-refractivity contribution in [3.8, 4) is 0 Å². The summed E-state index contributed by atoms with van der Waals surface area (Å²) in [5, 5.41) is 0. The maximum absolute atomic E-state index is 13.0. The fraction of sp³-hybridized carbons (Fsp3) is 0.409. The van der Waals surface area contributed by atoms with Crippen LogP contribution in [0.2, 0.25) is 0 Å². The second-order valence-corrected chi connectivity index (χ2v) is 10.6. The SMILES string of the molecule is O=C(OCc1ccccc1)N1CCC2(CC1c1ccc(C(F)(F)F)cc1)SCCS2. The number of piperidine rings is 1. The van der Waals surface area contributed by atoms with Crippen molar-refractivity contribution >= 4 is 29.6 Å². The Hall–Kier alpha value is -1.80. The normalized spacial score (nSPS) is 21.0. The molecule has 0 radical (unpaired) electrons. The van der Waals surface area contributed by atoms with E-state index in [1.807, 2.05) is 53.9 Å². The van der Waals surface area contributed by atoms with Gasteiger partial charge in [-0.05, 0) is 36.1 Å². The minimum Gasteiger partial charge on any atom is -0.445 e. The number of alkyl halides is 3. The molecule has 4 rings (SSSR count). The number of rotatable bonds is 3. The predicted octanol–water partition coefficient (Wildman–Crippen LogP) is 6.36. The molecule has 2 saturated heterocycles. The van der Waals surface area contributed by atoms with Crippen LogP contribution in [-0.4, -0.2) is 33.1 Å². The van der Waals surface area contributed by atoms with Gasteiger partial charge in [-0.25, -0.2) is 4.79 Å². The number of amides is 1. The van der Waals surface area contributed by atoms with Gasteiger partial charge in [0.15, 0.2) is 0 Å². The summed E-state index contributed by atoms with van der Waals surface area (Å²) in [4.78, 5) is 14.6. The van der Waals surface area contributed by atoms with Gasteiger partial charge in [-0.2, -0.15) is 13.2 Å². The second-order valence-electron chi connectivity index (χ2n) is 7.43. The molecule has 3 nitrogen and oxygen atoms in total. The maximum Gasteiger partial charge on any atom is 0.416 e. The molecular formula is C22H22F3NO2S2. The molecule has 1 atom stereocenters. The molecule has 0 bridgehead atoms. The highest BCUT2D eigenvalue weighted by Gasteiger charge is 2.45. The molecule has 2 heterocycles. The Morgan fingerprint density at radius 3 is 2.37 bits per heavy atom. The molecule has 2 aromatic carbocycles. The quantitative estimate of drug-likeness (QED) is 0.541.